The number of alkyl halides is 13. The van der Waals surface area contributed by atoms with E-state index in [1.807, 2.05) is 4.93 Å². The molecular weight excluding hydrogens is 1320 g/mol. The molecule has 424 valence electrons. The molecule has 31 heteroatoms. The number of nitrogens with one attached hydrogen (secondary N) is 1. The Kier molecular flexibility index (Phi) is 20.1. The van der Waals surface area contributed by atoms with Gasteiger partial charge in [-0.2, -0.15) is 52.7 Å². The van der Waals surface area contributed by atoms with E-state index in [2.05, 4.69) is 57.8 Å². The minimum Gasteiger partial charge on any atom is -0.346 e. The maximum atomic E-state index is 14.4. The summed E-state index contributed by atoms with van der Waals surface area (Å²) in [5.74, 6) is -3.37. The van der Waals surface area contributed by atoms with Gasteiger partial charge in [0.1, 0.15) is 10.8 Å². The normalized spacial score (nSPS) is 17.6. The number of carbonyl (C=O) groups is 2. The Hall–Kier alpha value is -4.93. The number of anilines is 2. The molecule has 79 heavy (non-hydrogen) atoms. The highest BCUT2D eigenvalue weighted by atomic mass is 127. The molecule has 2 unspecified atom stereocenters. The molecule has 2 fully saturated rings. The zero-order valence-electron chi connectivity index (χ0n) is 40.3. The molecule has 2 aliphatic heterocycles. The average Bonchev–Trinajstić information content (AvgIpc) is 4.13. The van der Waals surface area contributed by atoms with Crippen LogP contribution < -0.4 is 15.1 Å². The molecule has 0 bridgehead atoms. The summed E-state index contributed by atoms with van der Waals surface area (Å²) in [7, 11) is 1.28. The Morgan fingerprint density at radius 3 is 1.38 bits per heavy atom. The van der Waals surface area contributed by atoms with E-state index in [-0.39, 0.29) is 67.4 Å². The van der Waals surface area contributed by atoms with Gasteiger partial charge in [0.2, 0.25) is 11.9 Å². The molecule has 8 rings (SSSR count). The number of hydrogen-bond donors (Lipinski definition) is 1. The van der Waals surface area contributed by atoms with Crippen molar-refractivity contribution in [3.8, 4) is 0 Å². The van der Waals surface area contributed by atoms with Gasteiger partial charge in [0.25, 0.3) is 11.8 Å². The zero-order valence-corrected chi connectivity index (χ0v) is 47.0. The van der Waals surface area contributed by atoms with Crippen LogP contribution in [0.2, 0.25) is 30.1 Å². The molecule has 4 aromatic heterocycles. The van der Waals surface area contributed by atoms with Crippen molar-refractivity contribution >= 4 is 116 Å². The lowest BCUT2D eigenvalue weighted by Crippen LogP contribution is -2.45. The predicted octanol–water partition coefficient (Wildman–Crippen LogP) is 14.4. The van der Waals surface area contributed by atoms with E-state index >= 15 is 0 Å². The number of amides is 2. The molecular formula is C48H37Cl6F12IN10O2. The van der Waals surface area contributed by atoms with Gasteiger partial charge in [-0.15, -0.1) is 0 Å². The summed E-state index contributed by atoms with van der Waals surface area (Å²) in [6.45, 7) is -2.54. The highest BCUT2D eigenvalue weighted by Gasteiger charge is 2.61. The second kappa shape index (κ2) is 25.1. The summed E-state index contributed by atoms with van der Waals surface area (Å²) in [4.78, 5) is 52.9. The van der Waals surface area contributed by atoms with E-state index in [1.165, 1.54) is 19.4 Å². The lowest BCUT2D eigenvalue weighted by molar-refractivity contribution is -0.185. The number of rotatable bonds is 10. The molecule has 0 saturated carbocycles. The van der Waals surface area contributed by atoms with Crippen LogP contribution in [0.1, 0.15) is 67.5 Å². The van der Waals surface area contributed by atoms with Gasteiger partial charge in [0, 0.05) is 58.0 Å². The minimum absolute atomic E-state index is 0.0921. The van der Waals surface area contributed by atoms with Gasteiger partial charge >= 0.3 is 24.7 Å². The van der Waals surface area contributed by atoms with Crippen LogP contribution >= 0.6 is 92.2 Å². The highest BCUT2D eigenvalue weighted by molar-refractivity contribution is 14.1. The van der Waals surface area contributed by atoms with E-state index in [4.69, 9.17) is 69.6 Å². The van der Waals surface area contributed by atoms with Crippen molar-refractivity contribution in [2.75, 3.05) is 48.0 Å². The van der Waals surface area contributed by atoms with Gasteiger partial charge in [0.05, 0.1) is 65.7 Å². The van der Waals surface area contributed by atoms with Crippen LogP contribution in [0.3, 0.4) is 0 Å². The first-order valence-electron chi connectivity index (χ1n) is 22.4. The molecule has 2 amide bonds. The Bertz CT molecular complexity index is 3120. The third-order valence-corrected chi connectivity index (χ3v) is 14.8. The number of halogens is 19. The van der Waals surface area contributed by atoms with Gasteiger partial charge in [-0.3, -0.25) is 19.6 Å². The predicted molar refractivity (Wildman–Crippen MR) is 282 cm³/mol. The van der Waals surface area contributed by atoms with Gasteiger partial charge in [0.15, 0.2) is 11.4 Å². The smallest absolute Gasteiger partial charge is 0.346 e. The molecule has 6 aromatic rings. The number of nitrogens with zero attached hydrogens (tertiary/aromatic N) is 9. The van der Waals surface area contributed by atoms with Crippen molar-refractivity contribution in [3.05, 3.63) is 161 Å². The third kappa shape index (κ3) is 14.1. The van der Waals surface area contributed by atoms with E-state index in [0.29, 0.717) is 23.8 Å². The van der Waals surface area contributed by atoms with E-state index in [1.54, 1.807) is 36.4 Å². The molecule has 2 saturated heterocycles. The van der Waals surface area contributed by atoms with E-state index in [0.717, 1.165) is 39.0 Å². The Labute approximate surface area is 485 Å². The number of pyridine rings is 2. The van der Waals surface area contributed by atoms with E-state index in [9.17, 15) is 62.3 Å². The minimum atomic E-state index is -5.09. The molecule has 0 aliphatic carbocycles. The van der Waals surface area contributed by atoms with Crippen LogP contribution in [-0.2, 0) is 36.3 Å². The number of benzene rings is 2. The number of carbonyl (C=O) groups excluding carboxylic acids is 2. The monoisotopic (exact) mass is 1350 g/mol. The van der Waals surface area contributed by atoms with Crippen LogP contribution in [0.5, 0.6) is 0 Å². The molecule has 1 N–H and O–H groups in total. The second-order valence-corrected chi connectivity index (χ2v) is 19.7. The van der Waals surface area contributed by atoms with Crippen LogP contribution in [-0.4, -0.2) is 97.1 Å². The SMILES string of the molecule is CI.CN(Cc1ccccn1)C(=O)c1cnc(N2CCC(c3cc(Cl)c(Cl)c(Cl)c3)(C(F)(F)F)C2)nc1C(F)(F)F.O=C(NCc1ccccn1)c1cnc(N2CCC(c3cc(Cl)c(Cl)c(Cl)c3)(C(F)(F)F)C2)nc1C(F)(F)F. The standard InChI is InChI=1S/C24H18Cl3F6N5O.C23H16Cl3F6N5O.CH3I/c1-37(11-14-4-2-3-6-34-14)20(39)15-10-35-21(36-19(15)23(28,29)30)38-7-5-22(12-38,24(31,32)33)13-8-16(25)18(27)17(26)9-13;24-15-7-12(8-16(25)17(15)26)21(23(30,31)32)4-6-37(11-21)20-35-10-14(18(36-20)22(27,28)29)19(38)34-9-13-3-1-2-5-33-13;1-2/h2-4,6,8-10H,5,7,11-12H2,1H3;1-3,5,7-8,10H,4,6,9,11H2,(H,34,38);1H3. The first-order chi connectivity index (χ1) is 36.9. The van der Waals surface area contributed by atoms with E-state index < -0.39 is 108 Å². The fourth-order valence-corrected chi connectivity index (χ4v) is 9.66. The summed E-state index contributed by atoms with van der Waals surface area (Å²) >= 11 is 37.8. The van der Waals surface area contributed by atoms with Crippen LogP contribution in [0.25, 0.3) is 0 Å². The van der Waals surface area contributed by atoms with Gasteiger partial charge in [-0.25, -0.2) is 19.9 Å². The van der Waals surface area contributed by atoms with Crippen molar-refractivity contribution in [1.29, 1.82) is 0 Å². The molecule has 2 aliphatic rings. The zero-order chi connectivity index (χ0) is 58.6. The molecule has 2 atom stereocenters. The van der Waals surface area contributed by atoms with Crippen molar-refractivity contribution in [3.63, 3.8) is 0 Å². The molecule has 0 spiro atoms. The van der Waals surface area contributed by atoms with Crippen LogP contribution in [0.15, 0.2) is 85.5 Å². The number of hydrogen-bond acceptors (Lipinski definition) is 10. The molecule has 2 aromatic carbocycles. The van der Waals surface area contributed by atoms with Crippen molar-refractivity contribution in [2.24, 2.45) is 0 Å². The van der Waals surface area contributed by atoms with Crippen molar-refractivity contribution in [1.82, 2.24) is 40.1 Å². The number of aromatic nitrogens is 6. The maximum Gasteiger partial charge on any atom is 0.434 e. The fraction of sp³-hybridized carbons (Fsp3) is 0.333. The Balaban J connectivity index is 0.000000248. The van der Waals surface area contributed by atoms with Crippen molar-refractivity contribution in [2.45, 2.75) is 61.5 Å². The topological polar surface area (TPSA) is 133 Å². The van der Waals surface area contributed by atoms with Crippen LogP contribution in [0.4, 0.5) is 64.6 Å². The van der Waals surface area contributed by atoms with Gasteiger partial charge in [-0.1, -0.05) is 104 Å². The third-order valence-electron chi connectivity index (χ3n) is 12.5. The van der Waals surface area contributed by atoms with Crippen LogP contribution in [0, 0.1) is 0 Å². The Morgan fingerprint density at radius 1 is 0.608 bits per heavy atom. The van der Waals surface area contributed by atoms with Gasteiger partial charge in [-0.05, 0) is 77.4 Å². The second-order valence-electron chi connectivity index (χ2n) is 17.4. The molecule has 6 heterocycles. The lowest BCUT2D eigenvalue weighted by atomic mass is 9.79. The summed E-state index contributed by atoms with van der Waals surface area (Å²) in [6, 6.07) is 13.8. The highest BCUT2D eigenvalue weighted by Crippen LogP contribution is 2.52. The fourth-order valence-electron chi connectivity index (χ4n) is 8.47. The molecule has 0 radical (unpaired) electrons. The summed E-state index contributed by atoms with van der Waals surface area (Å²) in [6.07, 6.45) is -16.7. The first kappa shape index (κ1) is 63.3. The first-order valence-corrected chi connectivity index (χ1v) is 26.8. The lowest BCUT2D eigenvalue weighted by Gasteiger charge is -2.32. The Morgan fingerprint density at radius 2 is 1.00 bits per heavy atom. The summed E-state index contributed by atoms with van der Waals surface area (Å²) < 4.78 is 170. The summed E-state index contributed by atoms with van der Waals surface area (Å²) in [5.41, 5.74) is -9.70. The summed E-state index contributed by atoms with van der Waals surface area (Å²) in [5, 5.41) is 1.26. The van der Waals surface area contributed by atoms with Crippen molar-refractivity contribution < 1.29 is 62.3 Å². The largest absolute Gasteiger partial charge is 0.434 e. The van der Waals surface area contributed by atoms with Gasteiger partial charge < -0.3 is 20.0 Å². The maximum absolute atomic E-state index is 14.4. The average molecular weight is 1350 g/mol. The molecule has 12 nitrogen and oxygen atoms in total. The quantitative estimate of drug-likeness (QED) is 0.0612.